The summed E-state index contributed by atoms with van der Waals surface area (Å²) in [6, 6.07) is 14.3. The molecule has 0 radical (unpaired) electrons. The van der Waals surface area contributed by atoms with Gasteiger partial charge in [-0.15, -0.1) is 0 Å². The Morgan fingerprint density at radius 1 is 1.10 bits per heavy atom. The van der Waals surface area contributed by atoms with E-state index in [0.717, 1.165) is 65.5 Å². The third kappa shape index (κ3) is 3.86. The van der Waals surface area contributed by atoms with E-state index in [2.05, 4.69) is 29.2 Å². The minimum absolute atomic E-state index is 0.0974. The van der Waals surface area contributed by atoms with Crippen LogP contribution in [0.4, 0.5) is 8.78 Å². The Morgan fingerprint density at radius 2 is 1.86 bits per heavy atom. The fraction of sp³-hybridized carbons (Fsp3) is 0.409. The van der Waals surface area contributed by atoms with E-state index in [0.29, 0.717) is 0 Å². The zero-order chi connectivity index (χ0) is 20.0. The van der Waals surface area contributed by atoms with Crippen LogP contribution in [0.2, 0.25) is 0 Å². The second-order valence-electron chi connectivity index (χ2n) is 7.91. The highest BCUT2D eigenvalue weighted by Crippen LogP contribution is 2.49. The zero-order valence-electron chi connectivity index (χ0n) is 15.9. The molecule has 1 aliphatic heterocycles. The van der Waals surface area contributed by atoms with Crippen LogP contribution in [0.15, 0.2) is 47.3 Å². The first-order valence-electron chi connectivity index (χ1n) is 9.90. The number of morpholine rings is 1. The van der Waals surface area contributed by atoms with Crippen LogP contribution in [0.25, 0.3) is 21.3 Å². The molecule has 2 aromatic carbocycles. The molecule has 2 heterocycles. The summed E-state index contributed by atoms with van der Waals surface area (Å²) >= 11 is 1.13. The molecule has 1 saturated carbocycles. The van der Waals surface area contributed by atoms with Crippen molar-refractivity contribution in [1.29, 1.82) is 0 Å². The molecule has 0 spiro atoms. The van der Waals surface area contributed by atoms with Crippen LogP contribution in [0, 0.1) is 5.92 Å². The number of hydrogen-bond acceptors (Lipinski definition) is 4. The van der Waals surface area contributed by atoms with Crippen LogP contribution in [-0.2, 0) is 17.8 Å². The maximum atomic E-state index is 13.3. The third-order valence-electron chi connectivity index (χ3n) is 5.80. The minimum Gasteiger partial charge on any atom is -0.379 e. The average Bonchev–Trinajstić information content (AvgIpc) is 3.20. The normalized spacial score (nSPS) is 21.5. The number of thiazole rings is 1. The molecular formula is C22H22F2N2O2S. The summed E-state index contributed by atoms with van der Waals surface area (Å²) in [6.45, 7) is 4.42. The lowest BCUT2D eigenvalue weighted by Gasteiger charge is -2.26. The van der Waals surface area contributed by atoms with Crippen LogP contribution < -0.4 is 4.87 Å². The number of benzene rings is 2. The van der Waals surface area contributed by atoms with E-state index in [1.54, 1.807) is 0 Å². The number of aromatic nitrogens is 1. The van der Waals surface area contributed by atoms with Crippen molar-refractivity contribution in [3.8, 4) is 11.1 Å². The fourth-order valence-corrected chi connectivity index (χ4v) is 4.91. The van der Waals surface area contributed by atoms with E-state index in [1.807, 2.05) is 18.2 Å². The number of nitrogens with zero attached hydrogens (tertiary/aromatic N) is 2. The van der Waals surface area contributed by atoms with Crippen molar-refractivity contribution in [1.82, 2.24) is 9.47 Å². The largest absolute Gasteiger partial charge is 0.379 e. The maximum absolute atomic E-state index is 13.3. The van der Waals surface area contributed by atoms with Crippen LogP contribution in [0.3, 0.4) is 0 Å². The number of fused-ring (bicyclic) bond motifs is 1. The smallest absolute Gasteiger partial charge is 0.308 e. The van der Waals surface area contributed by atoms with Gasteiger partial charge in [0.25, 0.3) is 5.92 Å². The van der Waals surface area contributed by atoms with Gasteiger partial charge >= 0.3 is 4.87 Å². The molecule has 4 nitrogen and oxygen atoms in total. The van der Waals surface area contributed by atoms with Crippen LogP contribution >= 0.6 is 11.3 Å². The van der Waals surface area contributed by atoms with Gasteiger partial charge in [-0.1, -0.05) is 35.6 Å². The maximum Gasteiger partial charge on any atom is 0.308 e. The predicted molar refractivity (Wildman–Crippen MR) is 111 cm³/mol. The number of ether oxygens (including phenoxy) is 1. The summed E-state index contributed by atoms with van der Waals surface area (Å²) in [5.74, 6) is -3.33. The van der Waals surface area contributed by atoms with Gasteiger partial charge in [0.05, 0.1) is 23.4 Å². The molecule has 2 aliphatic rings. The first-order chi connectivity index (χ1) is 14.0. The number of hydrogen-bond donors (Lipinski definition) is 0. The Balaban J connectivity index is 1.40. The second kappa shape index (κ2) is 7.31. The van der Waals surface area contributed by atoms with Crippen LogP contribution in [-0.4, -0.2) is 41.7 Å². The zero-order valence-corrected chi connectivity index (χ0v) is 16.8. The Bertz CT molecular complexity index is 1100. The van der Waals surface area contributed by atoms with Gasteiger partial charge in [0.1, 0.15) is 0 Å². The molecule has 1 aromatic heterocycles. The fourth-order valence-electron chi connectivity index (χ4n) is 3.97. The number of halogens is 2. The van der Waals surface area contributed by atoms with Gasteiger partial charge in [-0.25, -0.2) is 8.78 Å². The van der Waals surface area contributed by atoms with Crippen LogP contribution in [0.5, 0.6) is 0 Å². The highest BCUT2D eigenvalue weighted by Gasteiger charge is 2.56. The van der Waals surface area contributed by atoms with E-state index < -0.39 is 11.8 Å². The van der Waals surface area contributed by atoms with E-state index in [9.17, 15) is 13.6 Å². The van der Waals surface area contributed by atoms with Crippen molar-refractivity contribution >= 4 is 21.6 Å². The van der Waals surface area contributed by atoms with Crippen molar-refractivity contribution in [3.05, 3.63) is 57.7 Å². The molecule has 1 aliphatic carbocycles. The summed E-state index contributed by atoms with van der Waals surface area (Å²) in [7, 11) is 0. The summed E-state index contributed by atoms with van der Waals surface area (Å²) < 4.78 is 34.3. The molecule has 5 rings (SSSR count). The number of alkyl halides is 2. The Kier molecular flexibility index (Phi) is 4.76. The predicted octanol–water partition coefficient (Wildman–Crippen LogP) is 4.22. The van der Waals surface area contributed by atoms with Crippen molar-refractivity contribution < 1.29 is 13.5 Å². The molecule has 1 saturated heterocycles. The molecule has 1 atom stereocenters. The first-order valence-corrected chi connectivity index (χ1v) is 10.7. The topological polar surface area (TPSA) is 34.5 Å². The van der Waals surface area contributed by atoms with E-state index >= 15 is 0 Å². The van der Waals surface area contributed by atoms with Crippen molar-refractivity contribution in [2.75, 3.05) is 26.3 Å². The molecule has 0 N–H and O–H groups in total. The molecule has 152 valence electrons. The van der Waals surface area contributed by atoms with Gasteiger partial charge < -0.3 is 4.74 Å². The lowest BCUT2D eigenvalue weighted by atomic mass is 10.0. The average molecular weight is 416 g/mol. The summed E-state index contributed by atoms with van der Waals surface area (Å²) in [6.07, 6.45) is -0.120. The lowest BCUT2D eigenvalue weighted by molar-refractivity contribution is 0.0342. The van der Waals surface area contributed by atoms with Gasteiger partial charge in [0.2, 0.25) is 0 Å². The molecule has 2 fully saturated rings. The first kappa shape index (κ1) is 18.9. The highest BCUT2D eigenvalue weighted by atomic mass is 32.1. The van der Waals surface area contributed by atoms with E-state index in [4.69, 9.17) is 4.74 Å². The summed E-state index contributed by atoms with van der Waals surface area (Å²) in [5, 5.41) is 0. The molecule has 0 bridgehead atoms. The standard InChI is InChI=1S/C22H22F2N2O2S/c23-22(24)12-18(22)14-26-19-5-4-17(11-20(19)29-21(26)27)16-3-1-2-15(10-16)13-25-6-8-28-9-7-25/h1-5,10-11,18H,6-9,12-14H2. The molecule has 3 aromatic rings. The second-order valence-corrected chi connectivity index (χ2v) is 8.91. The number of rotatable bonds is 5. The van der Waals surface area contributed by atoms with Crippen LogP contribution in [0.1, 0.15) is 12.0 Å². The molecule has 29 heavy (non-hydrogen) atoms. The van der Waals surface area contributed by atoms with E-state index in [1.165, 1.54) is 10.1 Å². The van der Waals surface area contributed by atoms with Gasteiger partial charge in [-0.05, 0) is 34.9 Å². The molecular weight excluding hydrogens is 394 g/mol. The molecule has 7 heteroatoms. The molecule has 1 unspecified atom stereocenters. The third-order valence-corrected chi connectivity index (χ3v) is 6.74. The minimum atomic E-state index is -2.62. The summed E-state index contributed by atoms with van der Waals surface area (Å²) in [4.78, 5) is 14.6. The Morgan fingerprint density at radius 3 is 2.62 bits per heavy atom. The van der Waals surface area contributed by atoms with E-state index in [-0.39, 0.29) is 17.8 Å². The molecule has 0 amide bonds. The lowest BCUT2D eigenvalue weighted by Crippen LogP contribution is -2.35. The Labute approximate surface area is 171 Å². The monoisotopic (exact) mass is 416 g/mol. The van der Waals surface area contributed by atoms with Gasteiger partial charge in [0, 0.05) is 38.5 Å². The van der Waals surface area contributed by atoms with Gasteiger partial charge in [-0.2, -0.15) is 0 Å². The quantitative estimate of drug-likeness (QED) is 0.625. The van der Waals surface area contributed by atoms with Gasteiger partial charge in [-0.3, -0.25) is 14.3 Å². The van der Waals surface area contributed by atoms with Crippen molar-refractivity contribution in [2.24, 2.45) is 5.92 Å². The summed E-state index contributed by atoms with van der Waals surface area (Å²) in [5.41, 5.74) is 4.12. The highest BCUT2D eigenvalue weighted by molar-refractivity contribution is 7.16. The Hall–Kier alpha value is -2.09. The SMILES string of the molecule is O=c1sc2cc(-c3cccc(CN4CCOCC4)c3)ccc2n1CC1CC1(F)F. The van der Waals surface area contributed by atoms with Crippen molar-refractivity contribution in [2.45, 2.75) is 25.4 Å². The van der Waals surface area contributed by atoms with Crippen molar-refractivity contribution in [3.63, 3.8) is 0 Å². The van der Waals surface area contributed by atoms with Gasteiger partial charge in [0.15, 0.2) is 0 Å².